The second-order valence-corrected chi connectivity index (χ2v) is 15.1. The van der Waals surface area contributed by atoms with E-state index < -0.39 is 0 Å². The Hall–Kier alpha value is -7.16. The van der Waals surface area contributed by atoms with Crippen LogP contribution in [0.1, 0.15) is 11.1 Å². The summed E-state index contributed by atoms with van der Waals surface area (Å²) in [6.07, 6.45) is 0. The first-order valence-corrected chi connectivity index (χ1v) is 19.3. The second-order valence-electron chi connectivity index (χ2n) is 15.1. The molecule has 2 aromatic heterocycles. The number of hydrogen-bond acceptors (Lipinski definition) is 2. The van der Waals surface area contributed by atoms with Gasteiger partial charge in [0.2, 0.25) is 0 Å². The average molecular weight is 713 g/mol. The molecule has 0 saturated carbocycles. The van der Waals surface area contributed by atoms with E-state index in [-0.39, 0.29) is 0 Å². The standard InChI is InChI=1S/C54H36N2/c1-33-11-13-35-7-3-5-9-45(35)51(33)43-25-17-37-15-23-41-27-29-49(55-53(41)47(37)31-43)39-19-21-40(22-20-39)50-30-28-42-24-16-38-18-26-44(32-48(38)54(42)56-50)52-34(2)12-14-36-8-4-6-10-46(36)52/h3-32H,1-2H3. The van der Waals surface area contributed by atoms with Crippen LogP contribution in [0.25, 0.3) is 110 Å². The molecule has 262 valence electrons. The van der Waals surface area contributed by atoms with Gasteiger partial charge < -0.3 is 0 Å². The Morgan fingerprint density at radius 1 is 0.286 bits per heavy atom. The maximum Gasteiger partial charge on any atom is 0.0788 e. The highest BCUT2D eigenvalue weighted by Gasteiger charge is 2.14. The van der Waals surface area contributed by atoms with Gasteiger partial charge in [-0.3, -0.25) is 0 Å². The molecule has 0 unspecified atom stereocenters. The molecule has 0 fully saturated rings. The van der Waals surface area contributed by atoms with Gasteiger partial charge in [0.25, 0.3) is 0 Å². The van der Waals surface area contributed by atoms with Crippen molar-refractivity contribution in [2.45, 2.75) is 13.8 Å². The topological polar surface area (TPSA) is 25.8 Å². The van der Waals surface area contributed by atoms with Gasteiger partial charge in [-0.05, 0) is 104 Å². The van der Waals surface area contributed by atoms with Crippen molar-refractivity contribution in [3.8, 4) is 44.8 Å². The molecule has 0 N–H and O–H groups in total. The predicted molar refractivity (Wildman–Crippen MR) is 238 cm³/mol. The molecule has 0 aliphatic carbocycles. The molecule has 2 heteroatoms. The summed E-state index contributed by atoms with van der Waals surface area (Å²) in [6.45, 7) is 4.41. The summed E-state index contributed by atoms with van der Waals surface area (Å²) in [7, 11) is 0. The van der Waals surface area contributed by atoms with Crippen LogP contribution < -0.4 is 0 Å². The fourth-order valence-corrected chi connectivity index (χ4v) is 8.78. The lowest BCUT2D eigenvalue weighted by molar-refractivity contribution is 1.39. The third-order valence-electron chi connectivity index (χ3n) is 11.7. The molecule has 0 amide bonds. The van der Waals surface area contributed by atoms with Crippen molar-refractivity contribution in [1.82, 2.24) is 9.97 Å². The van der Waals surface area contributed by atoms with Crippen molar-refractivity contribution in [2.75, 3.05) is 0 Å². The fraction of sp³-hybridized carbons (Fsp3) is 0.0370. The summed E-state index contributed by atoms with van der Waals surface area (Å²) in [5.74, 6) is 0. The van der Waals surface area contributed by atoms with Crippen LogP contribution >= 0.6 is 0 Å². The van der Waals surface area contributed by atoms with E-state index >= 15 is 0 Å². The first kappa shape index (κ1) is 32.3. The molecule has 2 nitrogen and oxygen atoms in total. The van der Waals surface area contributed by atoms with Crippen LogP contribution in [0.2, 0.25) is 0 Å². The zero-order chi connectivity index (χ0) is 37.3. The van der Waals surface area contributed by atoms with E-state index in [1.54, 1.807) is 0 Å². The van der Waals surface area contributed by atoms with Crippen LogP contribution in [0.15, 0.2) is 182 Å². The lowest BCUT2D eigenvalue weighted by atomic mass is 9.92. The van der Waals surface area contributed by atoms with Gasteiger partial charge in [-0.2, -0.15) is 0 Å². The van der Waals surface area contributed by atoms with Crippen LogP contribution in [-0.2, 0) is 0 Å². The number of fused-ring (bicyclic) bond motifs is 8. The van der Waals surface area contributed by atoms with E-state index in [1.807, 2.05) is 0 Å². The monoisotopic (exact) mass is 712 g/mol. The molecule has 0 saturated heterocycles. The van der Waals surface area contributed by atoms with Gasteiger partial charge in [0.1, 0.15) is 0 Å². The molecule has 0 aliphatic rings. The van der Waals surface area contributed by atoms with Crippen molar-refractivity contribution in [3.63, 3.8) is 0 Å². The second kappa shape index (κ2) is 12.7. The smallest absolute Gasteiger partial charge is 0.0788 e. The van der Waals surface area contributed by atoms with Crippen LogP contribution in [-0.4, -0.2) is 9.97 Å². The molecule has 0 spiro atoms. The minimum Gasteiger partial charge on any atom is -0.247 e. The number of pyridine rings is 2. The average Bonchev–Trinajstić information content (AvgIpc) is 3.25. The maximum atomic E-state index is 5.31. The van der Waals surface area contributed by atoms with Crippen molar-refractivity contribution in [2.24, 2.45) is 0 Å². The number of aryl methyl sites for hydroxylation is 2. The van der Waals surface area contributed by atoms with Crippen LogP contribution in [0.5, 0.6) is 0 Å². The van der Waals surface area contributed by atoms with Crippen LogP contribution in [0.3, 0.4) is 0 Å². The Bertz CT molecular complexity index is 3150. The zero-order valence-corrected chi connectivity index (χ0v) is 31.2. The third kappa shape index (κ3) is 5.26. The Balaban J connectivity index is 0.977. The van der Waals surface area contributed by atoms with Gasteiger partial charge in [0.15, 0.2) is 0 Å². The predicted octanol–water partition coefficient (Wildman–Crippen LogP) is 14.7. The van der Waals surface area contributed by atoms with E-state index in [0.29, 0.717) is 0 Å². The van der Waals surface area contributed by atoms with E-state index in [1.165, 1.54) is 65.7 Å². The number of rotatable bonds is 4. The summed E-state index contributed by atoms with van der Waals surface area (Å²) < 4.78 is 0. The van der Waals surface area contributed by atoms with Crippen LogP contribution in [0, 0.1) is 13.8 Å². The van der Waals surface area contributed by atoms with Gasteiger partial charge in [-0.25, -0.2) is 9.97 Å². The summed E-state index contributed by atoms with van der Waals surface area (Å²) in [5.41, 5.74) is 13.6. The summed E-state index contributed by atoms with van der Waals surface area (Å²) in [6, 6.07) is 66.0. The van der Waals surface area contributed by atoms with Gasteiger partial charge >= 0.3 is 0 Å². The fourth-order valence-electron chi connectivity index (χ4n) is 8.78. The molecule has 11 aromatic rings. The van der Waals surface area contributed by atoms with E-state index in [9.17, 15) is 0 Å². The summed E-state index contributed by atoms with van der Waals surface area (Å²) >= 11 is 0. The molecular formula is C54H36N2. The van der Waals surface area contributed by atoms with Gasteiger partial charge in [0.05, 0.1) is 22.4 Å². The molecule has 0 atom stereocenters. The quantitative estimate of drug-likeness (QED) is 0.170. The largest absolute Gasteiger partial charge is 0.247 e. The molecule has 0 bridgehead atoms. The first-order chi connectivity index (χ1) is 27.6. The number of benzene rings is 9. The zero-order valence-electron chi connectivity index (χ0n) is 31.2. The number of nitrogens with zero attached hydrogens (tertiary/aromatic N) is 2. The molecule has 56 heavy (non-hydrogen) atoms. The lowest BCUT2D eigenvalue weighted by Gasteiger charge is -2.13. The van der Waals surface area contributed by atoms with Gasteiger partial charge in [0, 0.05) is 32.7 Å². The Morgan fingerprint density at radius 2 is 0.625 bits per heavy atom. The van der Waals surface area contributed by atoms with Crippen molar-refractivity contribution >= 4 is 64.9 Å². The molecule has 2 heterocycles. The highest BCUT2D eigenvalue weighted by molar-refractivity contribution is 6.10. The summed E-state index contributed by atoms with van der Waals surface area (Å²) in [5, 5.41) is 12.0. The molecule has 0 aliphatic heterocycles. The van der Waals surface area contributed by atoms with Crippen molar-refractivity contribution in [1.29, 1.82) is 0 Å². The number of aromatic nitrogens is 2. The molecule has 9 aromatic carbocycles. The Labute approximate surface area is 325 Å². The first-order valence-electron chi connectivity index (χ1n) is 19.3. The summed E-state index contributed by atoms with van der Waals surface area (Å²) in [4.78, 5) is 10.6. The van der Waals surface area contributed by atoms with Crippen LogP contribution in [0.4, 0.5) is 0 Å². The minimum absolute atomic E-state index is 0.956. The Kier molecular flexibility index (Phi) is 7.33. The van der Waals surface area contributed by atoms with Crippen molar-refractivity contribution < 1.29 is 0 Å². The molecule has 0 radical (unpaired) electrons. The minimum atomic E-state index is 0.956. The highest BCUT2D eigenvalue weighted by Crippen LogP contribution is 2.38. The highest BCUT2D eigenvalue weighted by atomic mass is 14.7. The van der Waals surface area contributed by atoms with Crippen molar-refractivity contribution in [3.05, 3.63) is 193 Å². The normalized spacial score (nSPS) is 11.8. The van der Waals surface area contributed by atoms with E-state index in [0.717, 1.165) is 55.1 Å². The SMILES string of the molecule is Cc1ccc2ccccc2c1-c1ccc2ccc3ccc(-c4ccc(-c5ccc6ccc7ccc(-c8c(C)ccc9ccccc89)cc7c6n5)cc4)nc3c2c1. The molecular weight excluding hydrogens is 677 g/mol. The third-order valence-corrected chi connectivity index (χ3v) is 11.7. The van der Waals surface area contributed by atoms with E-state index in [4.69, 9.17) is 9.97 Å². The molecule has 11 rings (SSSR count). The lowest BCUT2D eigenvalue weighted by Crippen LogP contribution is -1.91. The van der Waals surface area contributed by atoms with E-state index in [2.05, 4.69) is 196 Å². The maximum absolute atomic E-state index is 5.31. The Morgan fingerprint density at radius 3 is 1.09 bits per heavy atom. The number of hydrogen-bond donors (Lipinski definition) is 0. The van der Waals surface area contributed by atoms with Gasteiger partial charge in [-0.1, -0.05) is 158 Å². The van der Waals surface area contributed by atoms with Gasteiger partial charge in [-0.15, -0.1) is 0 Å².